The number of hydrogen-bond acceptors (Lipinski definition) is 4. The molecular formula is C21H23N3O2. The third kappa shape index (κ3) is 4.57. The second kappa shape index (κ2) is 7.95. The number of rotatable bonds is 6. The molecule has 0 aliphatic rings. The molecule has 2 aromatic heterocycles. The molecular weight excluding hydrogens is 326 g/mol. The summed E-state index contributed by atoms with van der Waals surface area (Å²) in [6.07, 6.45) is 4.17. The van der Waals surface area contributed by atoms with Crippen molar-refractivity contribution in [3.8, 4) is 11.3 Å². The summed E-state index contributed by atoms with van der Waals surface area (Å²) in [5.74, 6) is 2.22. The number of aromatic nitrogens is 2. The monoisotopic (exact) mass is 349 g/mol. The van der Waals surface area contributed by atoms with Crippen LogP contribution in [0.25, 0.3) is 11.3 Å². The van der Waals surface area contributed by atoms with Crippen molar-refractivity contribution in [2.24, 2.45) is 0 Å². The van der Waals surface area contributed by atoms with Crippen LogP contribution in [0.1, 0.15) is 43.2 Å². The molecule has 0 bridgehead atoms. The summed E-state index contributed by atoms with van der Waals surface area (Å²) in [6.45, 7) is 6.28. The van der Waals surface area contributed by atoms with E-state index in [4.69, 9.17) is 4.42 Å². The van der Waals surface area contributed by atoms with Gasteiger partial charge in [-0.05, 0) is 30.0 Å². The highest BCUT2D eigenvalue weighted by molar-refractivity contribution is 5.89. The molecule has 26 heavy (non-hydrogen) atoms. The number of carbonyl (C=O) groups is 1. The number of hydrogen-bond donors (Lipinski definition) is 1. The Hall–Kier alpha value is -2.95. The summed E-state index contributed by atoms with van der Waals surface area (Å²) in [5.41, 5.74) is 3.33. The number of amides is 1. The number of anilines is 1. The predicted octanol–water partition coefficient (Wildman–Crippen LogP) is 4.74. The highest BCUT2D eigenvalue weighted by Crippen LogP contribution is 2.23. The standard InChI is InChI=1S/C21H23N3O2/c1-14(2)16-5-7-17(8-6-16)18-13-23-21(26-18)11-10-20(25)24-19-9-4-15(3)12-22-19/h4-9,12-14H,10-11H2,1-3H3,(H,22,24,25). The Balaban J connectivity index is 1.56. The van der Waals surface area contributed by atoms with E-state index < -0.39 is 0 Å². The second-order valence-electron chi connectivity index (χ2n) is 6.66. The zero-order chi connectivity index (χ0) is 18.5. The minimum Gasteiger partial charge on any atom is -0.441 e. The molecule has 0 unspecified atom stereocenters. The Kier molecular flexibility index (Phi) is 5.46. The van der Waals surface area contributed by atoms with Crippen LogP contribution in [-0.2, 0) is 11.2 Å². The van der Waals surface area contributed by atoms with Crippen molar-refractivity contribution in [1.29, 1.82) is 0 Å². The molecule has 2 heterocycles. The molecule has 5 nitrogen and oxygen atoms in total. The predicted molar refractivity (Wildman–Crippen MR) is 102 cm³/mol. The van der Waals surface area contributed by atoms with Crippen LogP contribution in [-0.4, -0.2) is 15.9 Å². The molecule has 1 aromatic carbocycles. The molecule has 0 radical (unpaired) electrons. The number of oxazole rings is 1. The Bertz CT molecular complexity index is 865. The molecule has 1 amide bonds. The lowest BCUT2D eigenvalue weighted by Crippen LogP contribution is -2.13. The van der Waals surface area contributed by atoms with Crippen molar-refractivity contribution in [2.45, 2.75) is 39.5 Å². The molecule has 0 saturated carbocycles. The summed E-state index contributed by atoms with van der Waals surface area (Å²) in [7, 11) is 0. The first-order valence-electron chi connectivity index (χ1n) is 8.79. The molecule has 134 valence electrons. The molecule has 0 fully saturated rings. The van der Waals surface area contributed by atoms with Gasteiger partial charge < -0.3 is 9.73 Å². The molecule has 0 spiro atoms. The first kappa shape index (κ1) is 17.9. The normalized spacial score (nSPS) is 10.9. The van der Waals surface area contributed by atoms with Gasteiger partial charge in [-0.1, -0.05) is 44.2 Å². The van der Waals surface area contributed by atoms with E-state index in [0.29, 0.717) is 30.5 Å². The van der Waals surface area contributed by atoms with E-state index >= 15 is 0 Å². The maximum absolute atomic E-state index is 12.0. The maximum Gasteiger partial charge on any atom is 0.226 e. The van der Waals surface area contributed by atoms with Gasteiger partial charge in [0, 0.05) is 24.6 Å². The van der Waals surface area contributed by atoms with Crippen molar-refractivity contribution in [3.63, 3.8) is 0 Å². The van der Waals surface area contributed by atoms with Crippen LogP contribution < -0.4 is 5.32 Å². The van der Waals surface area contributed by atoms with Gasteiger partial charge in [0.1, 0.15) is 5.82 Å². The average molecular weight is 349 g/mol. The van der Waals surface area contributed by atoms with Crippen molar-refractivity contribution < 1.29 is 9.21 Å². The zero-order valence-corrected chi connectivity index (χ0v) is 15.3. The SMILES string of the molecule is Cc1ccc(NC(=O)CCc2ncc(-c3ccc(C(C)C)cc3)o2)nc1. The Morgan fingerprint density at radius 3 is 2.50 bits per heavy atom. The maximum atomic E-state index is 12.0. The third-order valence-electron chi connectivity index (χ3n) is 4.16. The molecule has 3 rings (SSSR count). The fourth-order valence-corrected chi connectivity index (χ4v) is 2.56. The summed E-state index contributed by atoms with van der Waals surface area (Å²) < 4.78 is 5.78. The lowest BCUT2D eigenvalue weighted by atomic mass is 10.0. The van der Waals surface area contributed by atoms with E-state index in [1.165, 1.54) is 5.56 Å². The van der Waals surface area contributed by atoms with Gasteiger partial charge in [0.05, 0.1) is 6.20 Å². The summed E-state index contributed by atoms with van der Waals surface area (Å²) in [5, 5.41) is 2.78. The van der Waals surface area contributed by atoms with Crippen LogP contribution in [0.2, 0.25) is 0 Å². The summed E-state index contributed by atoms with van der Waals surface area (Å²) in [4.78, 5) is 20.5. The number of nitrogens with zero attached hydrogens (tertiary/aromatic N) is 2. The van der Waals surface area contributed by atoms with Crippen LogP contribution in [0.3, 0.4) is 0 Å². The minimum atomic E-state index is -0.109. The van der Waals surface area contributed by atoms with Crippen LogP contribution >= 0.6 is 0 Å². The van der Waals surface area contributed by atoms with Gasteiger partial charge in [0.2, 0.25) is 5.91 Å². The van der Waals surface area contributed by atoms with E-state index in [-0.39, 0.29) is 5.91 Å². The number of nitrogens with one attached hydrogen (secondary N) is 1. The zero-order valence-electron chi connectivity index (χ0n) is 15.3. The van der Waals surface area contributed by atoms with E-state index in [1.807, 2.05) is 25.1 Å². The smallest absolute Gasteiger partial charge is 0.226 e. The van der Waals surface area contributed by atoms with E-state index in [1.54, 1.807) is 18.5 Å². The molecule has 0 aliphatic carbocycles. The first-order valence-corrected chi connectivity index (χ1v) is 8.79. The highest BCUT2D eigenvalue weighted by Gasteiger charge is 2.10. The van der Waals surface area contributed by atoms with Gasteiger partial charge in [-0.3, -0.25) is 4.79 Å². The number of carbonyl (C=O) groups excluding carboxylic acids is 1. The van der Waals surface area contributed by atoms with Crippen LogP contribution in [0.4, 0.5) is 5.82 Å². The van der Waals surface area contributed by atoms with E-state index in [0.717, 1.165) is 16.9 Å². The molecule has 0 saturated heterocycles. The number of pyridine rings is 1. The molecule has 5 heteroatoms. The largest absolute Gasteiger partial charge is 0.441 e. The van der Waals surface area contributed by atoms with Crippen molar-refractivity contribution in [2.75, 3.05) is 5.32 Å². The Morgan fingerprint density at radius 1 is 1.08 bits per heavy atom. The second-order valence-corrected chi connectivity index (χ2v) is 6.66. The first-order chi connectivity index (χ1) is 12.5. The highest BCUT2D eigenvalue weighted by atomic mass is 16.4. The average Bonchev–Trinajstić information content (AvgIpc) is 3.11. The minimum absolute atomic E-state index is 0.109. The van der Waals surface area contributed by atoms with Gasteiger partial charge in [-0.15, -0.1) is 0 Å². The fourth-order valence-electron chi connectivity index (χ4n) is 2.56. The van der Waals surface area contributed by atoms with Crippen LogP contribution in [0, 0.1) is 6.92 Å². The van der Waals surface area contributed by atoms with E-state index in [9.17, 15) is 4.79 Å². The van der Waals surface area contributed by atoms with Crippen LogP contribution in [0.5, 0.6) is 0 Å². The number of aryl methyl sites for hydroxylation is 2. The summed E-state index contributed by atoms with van der Waals surface area (Å²) in [6, 6.07) is 12.0. The Morgan fingerprint density at radius 2 is 1.85 bits per heavy atom. The van der Waals surface area contributed by atoms with Gasteiger partial charge in [0.15, 0.2) is 11.7 Å². The van der Waals surface area contributed by atoms with Crippen LogP contribution in [0.15, 0.2) is 53.2 Å². The van der Waals surface area contributed by atoms with Gasteiger partial charge in [-0.2, -0.15) is 0 Å². The topological polar surface area (TPSA) is 68.0 Å². The third-order valence-corrected chi connectivity index (χ3v) is 4.16. The number of benzene rings is 1. The van der Waals surface area contributed by atoms with Crippen molar-refractivity contribution in [3.05, 3.63) is 65.8 Å². The van der Waals surface area contributed by atoms with Gasteiger partial charge in [0.25, 0.3) is 0 Å². The molecule has 3 aromatic rings. The lowest BCUT2D eigenvalue weighted by Gasteiger charge is -2.05. The van der Waals surface area contributed by atoms with Gasteiger partial charge >= 0.3 is 0 Å². The van der Waals surface area contributed by atoms with Gasteiger partial charge in [-0.25, -0.2) is 9.97 Å². The van der Waals surface area contributed by atoms with Crippen molar-refractivity contribution >= 4 is 11.7 Å². The molecule has 1 N–H and O–H groups in total. The summed E-state index contributed by atoms with van der Waals surface area (Å²) >= 11 is 0. The fraction of sp³-hybridized carbons (Fsp3) is 0.286. The molecule has 0 atom stereocenters. The van der Waals surface area contributed by atoms with E-state index in [2.05, 4.69) is 41.3 Å². The Labute approximate surface area is 153 Å². The molecule has 0 aliphatic heterocycles. The lowest BCUT2D eigenvalue weighted by molar-refractivity contribution is -0.116. The van der Waals surface area contributed by atoms with Crippen molar-refractivity contribution in [1.82, 2.24) is 9.97 Å². The quantitative estimate of drug-likeness (QED) is 0.698.